The van der Waals surface area contributed by atoms with E-state index in [4.69, 9.17) is 0 Å². The summed E-state index contributed by atoms with van der Waals surface area (Å²) in [6, 6.07) is 0. The van der Waals surface area contributed by atoms with Crippen LogP contribution >= 0.6 is 35.7 Å². The zero-order valence-corrected chi connectivity index (χ0v) is 15.2. The van der Waals surface area contributed by atoms with E-state index in [2.05, 4.69) is 26.6 Å². The number of guanidine groups is 1. The van der Waals surface area contributed by atoms with E-state index in [9.17, 15) is 4.79 Å². The summed E-state index contributed by atoms with van der Waals surface area (Å²) in [4.78, 5) is 15.3. The zero-order chi connectivity index (χ0) is 13.6. The number of nitrogens with zero attached hydrogens (tertiary/aromatic N) is 1. The Kier molecular flexibility index (Phi) is 17.7. The fraction of sp³-hybridized carbons (Fsp3) is 0.833. The Morgan fingerprint density at radius 2 is 2.05 bits per heavy atom. The molecule has 0 saturated carbocycles. The number of ether oxygens (including phenoxy) is 1. The molecule has 19 heavy (non-hydrogen) atoms. The highest BCUT2D eigenvalue weighted by molar-refractivity contribution is 14.0. The lowest BCUT2D eigenvalue weighted by Crippen LogP contribution is -2.38. The van der Waals surface area contributed by atoms with Crippen molar-refractivity contribution in [1.82, 2.24) is 10.6 Å². The highest BCUT2D eigenvalue weighted by atomic mass is 127. The van der Waals surface area contributed by atoms with Gasteiger partial charge >= 0.3 is 5.97 Å². The molecule has 5 nitrogen and oxygen atoms in total. The van der Waals surface area contributed by atoms with Crippen LogP contribution in [0.4, 0.5) is 0 Å². The Balaban J connectivity index is 0. The molecule has 0 aliphatic carbocycles. The Morgan fingerprint density at radius 3 is 2.63 bits per heavy atom. The van der Waals surface area contributed by atoms with Gasteiger partial charge in [0.1, 0.15) is 0 Å². The molecule has 7 heteroatoms. The van der Waals surface area contributed by atoms with Gasteiger partial charge in [-0.1, -0.05) is 0 Å². The van der Waals surface area contributed by atoms with Crippen LogP contribution in [0.3, 0.4) is 0 Å². The first-order valence-electron chi connectivity index (χ1n) is 6.32. The van der Waals surface area contributed by atoms with Crippen LogP contribution in [0.15, 0.2) is 4.99 Å². The van der Waals surface area contributed by atoms with Gasteiger partial charge in [0.15, 0.2) is 5.96 Å². The van der Waals surface area contributed by atoms with E-state index in [1.165, 1.54) is 7.11 Å². The lowest BCUT2D eigenvalue weighted by atomic mass is 10.2. The lowest BCUT2D eigenvalue weighted by Gasteiger charge is -2.10. The van der Waals surface area contributed by atoms with Crippen LogP contribution in [0.25, 0.3) is 0 Å². The van der Waals surface area contributed by atoms with Gasteiger partial charge in [0, 0.05) is 31.8 Å². The van der Waals surface area contributed by atoms with Crippen LogP contribution < -0.4 is 10.6 Å². The van der Waals surface area contributed by atoms with E-state index in [0.29, 0.717) is 6.42 Å². The summed E-state index contributed by atoms with van der Waals surface area (Å²) in [6.07, 6.45) is 4.27. The number of nitrogens with one attached hydrogen (secondary N) is 2. The van der Waals surface area contributed by atoms with Crippen LogP contribution in [-0.2, 0) is 9.53 Å². The Labute approximate surface area is 137 Å². The molecule has 0 radical (unpaired) electrons. The molecule has 0 rings (SSSR count). The van der Waals surface area contributed by atoms with Crippen LogP contribution in [-0.4, -0.2) is 50.7 Å². The summed E-state index contributed by atoms with van der Waals surface area (Å²) in [5.41, 5.74) is 0. The molecule has 0 aromatic heterocycles. The van der Waals surface area contributed by atoms with E-state index < -0.39 is 0 Å². The second-order valence-corrected chi connectivity index (χ2v) is 4.70. The summed E-state index contributed by atoms with van der Waals surface area (Å²) in [7, 11) is 1.42. The van der Waals surface area contributed by atoms with Gasteiger partial charge in [0.05, 0.1) is 7.11 Å². The van der Waals surface area contributed by atoms with Gasteiger partial charge in [-0.2, -0.15) is 11.8 Å². The van der Waals surface area contributed by atoms with Crippen molar-refractivity contribution in [2.45, 2.75) is 26.2 Å². The van der Waals surface area contributed by atoms with Gasteiger partial charge in [-0.05, 0) is 26.0 Å². The van der Waals surface area contributed by atoms with E-state index in [-0.39, 0.29) is 29.9 Å². The molecule has 0 atom stereocenters. The van der Waals surface area contributed by atoms with E-state index >= 15 is 0 Å². The number of halogens is 1. The van der Waals surface area contributed by atoms with Gasteiger partial charge in [0.25, 0.3) is 0 Å². The monoisotopic (exact) mass is 403 g/mol. The fourth-order valence-electron chi connectivity index (χ4n) is 1.29. The number of carbonyl (C=O) groups is 1. The molecular formula is C12H26IN3O2S. The number of esters is 1. The minimum absolute atomic E-state index is 0. The van der Waals surface area contributed by atoms with Gasteiger partial charge in [0.2, 0.25) is 0 Å². The zero-order valence-electron chi connectivity index (χ0n) is 12.0. The molecule has 0 spiro atoms. The number of aliphatic imine (C=N–C) groups is 1. The molecule has 0 unspecified atom stereocenters. The van der Waals surface area contributed by atoms with E-state index in [1.54, 1.807) is 11.8 Å². The third-order valence-electron chi connectivity index (χ3n) is 2.23. The Bertz CT molecular complexity index is 253. The summed E-state index contributed by atoms with van der Waals surface area (Å²) in [5.74, 6) is 1.76. The molecule has 114 valence electrons. The molecule has 0 aromatic rings. The Hall–Kier alpha value is -0.180. The van der Waals surface area contributed by atoms with Crippen LogP contribution in [0.5, 0.6) is 0 Å². The molecule has 0 bridgehead atoms. The van der Waals surface area contributed by atoms with Crippen molar-refractivity contribution in [1.29, 1.82) is 0 Å². The summed E-state index contributed by atoms with van der Waals surface area (Å²) in [6.45, 7) is 4.54. The maximum absolute atomic E-state index is 10.9. The molecule has 0 aliphatic rings. The van der Waals surface area contributed by atoms with Crippen molar-refractivity contribution in [2.75, 3.05) is 38.8 Å². The van der Waals surface area contributed by atoms with Crippen LogP contribution in [0, 0.1) is 0 Å². The second kappa shape index (κ2) is 15.9. The van der Waals surface area contributed by atoms with Crippen molar-refractivity contribution < 1.29 is 9.53 Å². The summed E-state index contributed by atoms with van der Waals surface area (Å²) in [5, 5.41) is 6.45. The molecule has 0 saturated heterocycles. The number of hydrogen-bond donors (Lipinski definition) is 2. The van der Waals surface area contributed by atoms with Gasteiger partial charge in [-0.3, -0.25) is 9.79 Å². The maximum Gasteiger partial charge on any atom is 0.305 e. The predicted octanol–water partition coefficient (Wildman–Crippen LogP) is 1.87. The van der Waals surface area contributed by atoms with Gasteiger partial charge < -0.3 is 15.4 Å². The average molecular weight is 403 g/mol. The normalized spacial score (nSPS) is 10.6. The fourth-order valence-corrected chi connectivity index (χ4v) is 1.59. The number of hydrogen-bond acceptors (Lipinski definition) is 4. The number of methoxy groups -OCH3 is 1. The summed E-state index contributed by atoms with van der Waals surface area (Å²) >= 11 is 1.80. The van der Waals surface area contributed by atoms with Crippen molar-refractivity contribution in [2.24, 2.45) is 4.99 Å². The van der Waals surface area contributed by atoms with Crippen LogP contribution in [0.1, 0.15) is 26.2 Å². The molecule has 0 aromatic carbocycles. The quantitative estimate of drug-likeness (QED) is 0.202. The summed E-state index contributed by atoms with van der Waals surface area (Å²) < 4.78 is 4.58. The molecule has 0 fully saturated rings. The molecular weight excluding hydrogens is 377 g/mol. The smallest absolute Gasteiger partial charge is 0.305 e. The lowest BCUT2D eigenvalue weighted by molar-refractivity contribution is -0.140. The molecule has 0 heterocycles. The van der Waals surface area contributed by atoms with E-state index in [1.807, 2.05) is 6.92 Å². The minimum atomic E-state index is -0.149. The minimum Gasteiger partial charge on any atom is -0.469 e. The van der Waals surface area contributed by atoms with Crippen molar-refractivity contribution in [3.63, 3.8) is 0 Å². The number of rotatable bonds is 9. The average Bonchev–Trinajstić information content (AvgIpc) is 2.38. The second-order valence-electron chi connectivity index (χ2n) is 3.71. The highest BCUT2D eigenvalue weighted by Gasteiger charge is 1.99. The SMILES string of the molecule is CCNC(=NCCCCC(=O)OC)NCCSC.I. The van der Waals surface area contributed by atoms with E-state index in [0.717, 1.165) is 44.2 Å². The number of thioether (sulfide) groups is 1. The van der Waals surface area contributed by atoms with Crippen molar-refractivity contribution in [3.05, 3.63) is 0 Å². The standard InChI is InChI=1S/C12H25N3O2S.HI/c1-4-13-12(15-9-10-18-3)14-8-6-5-7-11(16)17-2;/h4-10H2,1-3H3,(H2,13,14,15);1H. The first-order chi connectivity index (χ1) is 8.74. The van der Waals surface area contributed by atoms with Gasteiger partial charge in [-0.15, -0.1) is 24.0 Å². The molecule has 0 aliphatic heterocycles. The van der Waals surface area contributed by atoms with Gasteiger partial charge in [-0.25, -0.2) is 0 Å². The molecule has 0 amide bonds. The third kappa shape index (κ3) is 14.0. The third-order valence-corrected chi connectivity index (χ3v) is 2.84. The maximum atomic E-state index is 10.9. The van der Waals surface area contributed by atoms with Crippen molar-refractivity contribution in [3.8, 4) is 0 Å². The predicted molar refractivity (Wildman–Crippen MR) is 93.6 cm³/mol. The first-order valence-corrected chi connectivity index (χ1v) is 7.71. The van der Waals surface area contributed by atoms with Crippen molar-refractivity contribution >= 4 is 47.7 Å². The number of unbranched alkanes of at least 4 members (excludes halogenated alkanes) is 1. The number of carbonyl (C=O) groups excluding carboxylic acids is 1. The highest BCUT2D eigenvalue weighted by Crippen LogP contribution is 1.97. The Morgan fingerprint density at radius 1 is 1.32 bits per heavy atom. The first kappa shape index (κ1) is 21.1. The largest absolute Gasteiger partial charge is 0.469 e. The molecule has 2 N–H and O–H groups in total. The topological polar surface area (TPSA) is 62.7 Å². The van der Waals surface area contributed by atoms with Crippen LogP contribution in [0.2, 0.25) is 0 Å².